The summed E-state index contributed by atoms with van der Waals surface area (Å²) in [7, 11) is 0. The fourth-order valence-electron chi connectivity index (χ4n) is 5.83. The van der Waals surface area contributed by atoms with E-state index in [4.69, 9.17) is 19.7 Å². The van der Waals surface area contributed by atoms with Gasteiger partial charge in [0, 0.05) is 48.8 Å². The van der Waals surface area contributed by atoms with E-state index in [-0.39, 0.29) is 5.82 Å². The maximum Gasteiger partial charge on any atom is 0.176 e. The Labute approximate surface area is 206 Å². The van der Waals surface area contributed by atoms with Gasteiger partial charge >= 0.3 is 0 Å². The number of thiazole rings is 1. The quantitative estimate of drug-likeness (QED) is 0.451. The molecule has 6 heterocycles. The Bertz CT molecular complexity index is 1380. The van der Waals surface area contributed by atoms with Gasteiger partial charge in [0.2, 0.25) is 0 Å². The highest BCUT2D eigenvalue weighted by Gasteiger charge is 2.43. The molecule has 0 radical (unpaired) electrons. The van der Waals surface area contributed by atoms with Crippen LogP contribution in [0.4, 0.5) is 10.2 Å². The van der Waals surface area contributed by atoms with Crippen molar-refractivity contribution in [2.75, 3.05) is 57.4 Å². The molecule has 3 aliphatic heterocycles. The molecule has 7 rings (SSSR count). The lowest BCUT2D eigenvalue weighted by Gasteiger charge is -2.52. The molecular weight excluding hydrogens is 465 g/mol. The largest absolute Gasteiger partial charge is 0.378 e. The molecule has 35 heavy (non-hydrogen) atoms. The van der Waals surface area contributed by atoms with E-state index in [1.807, 2.05) is 12.3 Å². The second-order valence-electron chi connectivity index (χ2n) is 10.0. The summed E-state index contributed by atoms with van der Waals surface area (Å²) in [5.74, 6) is 1.08. The average molecular weight is 494 g/mol. The second-order valence-corrected chi connectivity index (χ2v) is 11.1. The summed E-state index contributed by atoms with van der Waals surface area (Å²) in [4.78, 5) is 22.6. The predicted octanol–water partition coefficient (Wildman–Crippen LogP) is 3.40. The van der Waals surface area contributed by atoms with Crippen molar-refractivity contribution in [2.45, 2.75) is 19.4 Å². The van der Waals surface area contributed by atoms with E-state index in [1.54, 1.807) is 11.3 Å². The van der Waals surface area contributed by atoms with Crippen molar-refractivity contribution in [1.82, 2.24) is 30.2 Å². The summed E-state index contributed by atoms with van der Waals surface area (Å²) in [5, 5.41) is 5.45. The Balaban J connectivity index is 1.26. The number of piperidine rings is 1. The molecule has 3 saturated heterocycles. The minimum absolute atomic E-state index is 0.310. The van der Waals surface area contributed by atoms with Crippen LogP contribution in [0.15, 0.2) is 24.4 Å². The number of benzene rings is 1. The average Bonchev–Trinajstić information content (AvgIpc) is 3.49. The molecule has 8 nitrogen and oxygen atoms in total. The van der Waals surface area contributed by atoms with Crippen LogP contribution in [0.1, 0.15) is 17.8 Å². The summed E-state index contributed by atoms with van der Waals surface area (Å²) in [6, 6.07) is 4.97. The van der Waals surface area contributed by atoms with E-state index >= 15 is 0 Å². The molecule has 3 fully saturated rings. The van der Waals surface area contributed by atoms with Crippen LogP contribution < -0.4 is 10.2 Å². The fourth-order valence-corrected chi connectivity index (χ4v) is 6.89. The van der Waals surface area contributed by atoms with Gasteiger partial charge in [0.25, 0.3) is 0 Å². The van der Waals surface area contributed by atoms with Gasteiger partial charge in [0.05, 0.1) is 19.8 Å². The first-order valence-electron chi connectivity index (χ1n) is 12.4. The van der Waals surface area contributed by atoms with Crippen LogP contribution in [-0.4, -0.2) is 77.3 Å². The number of nitrogens with zero attached hydrogens (tertiary/aromatic N) is 5. The number of nitrogens with one attached hydrogen (secondary N) is 2. The number of ether oxygens (including phenoxy) is 1. The first-order valence-corrected chi connectivity index (χ1v) is 13.2. The number of aromatic nitrogens is 4. The normalized spacial score (nSPS) is 20.7. The summed E-state index contributed by atoms with van der Waals surface area (Å²) < 4.78 is 21.0. The molecule has 0 bridgehead atoms. The first-order chi connectivity index (χ1) is 17.2. The fraction of sp³-hybridized carbons (Fsp3) is 0.480. The standard InChI is InChI=1S/C25H28FN7OS/c26-16-11-18(17-1-4-28-19(17)12-16)22-30-23-21(24(31-22)33-7-9-34-10-8-33)35-20(29-23)13-32-14-25(15-32)2-5-27-6-3-25/h1,4,11-12,27-28H,2-3,5-10,13-15H2. The molecule has 0 amide bonds. The SMILES string of the molecule is Fc1cc(-c2nc(N3CCOCC3)c3sc(CN4CC5(CCNCC5)C4)nc3n2)c2cc[nH]c2c1. The van der Waals surface area contributed by atoms with Crippen molar-refractivity contribution >= 4 is 38.4 Å². The molecule has 0 aliphatic carbocycles. The Kier molecular flexibility index (Phi) is 5.23. The van der Waals surface area contributed by atoms with Gasteiger partial charge in [-0.1, -0.05) is 0 Å². The first kappa shape index (κ1) is 21.6. The number of likely N-dealkylation sites (tertiary alicyclic amines) is 1. The third kappa shape index (κ3) is 3.88. The molecule has 4 aromatic rings. The number of rotatable bonds is 4. The van der Waals surface area contributed by atoms with Crippen LogP contribution in [-0.2, 0) is 11.3 Å². The molecule has 182 valence electrons. The highest BCUT2D eigenvalue weighted by atomic mass is 32.1. The predicted molar refractivity (Wildman–Crippen MR) is 135 cm³/mol. The number of morpholine rings is 1. The molecule has 10 heteroatoms. The number of aromatic amines is 1. The van der Waals surface area contributed by atoms with Gasteiger partial charge in [-0.15, -0.1) is 11.3 Å². The van der Waals surface area contributed by atoms with E-state index < -0.39 is 0 Å². The molecule has 1 spiro atoms. The molecule has 3 aliphatic rings. The number of halogens is 1. The zero-order valence-corrected chi connectivity index (χ0v) is 20.3. The Morgan fingerprint density at radius 1 is 1.09 bits per heavy atom. The highest BCUT2D eigenvalue weighted by Crippen LogP contribution is 2.41. The van der Waals surface area contributed by atoms with Gasteiger partial charge in [0.15, 0.2) is 17.3 Å². The van der Waals surface area contributed by atoms with Gasteiger partial charge in [-0.05, 0) is 49.5 Å². The van der Waals surface area contributed by atoms with Crippen LogP contribution in [0.3, 0.4) is 0 Å². The molecular formula is C25H28FN7OS. The van der Waals surface area contributed by atoms with Crippen LogP contribution >= 0.6 is 11.3 Å². The Morgan fingerprint density at radius 2 is 1.91 bits per heavy atom. The van der Waals surface area contributed by atoms with Crippen molar-refractivity contribution in [3.8, 4) is 11.4 Å². The molecule has 2 N–H and O–H groups in total. The summed E-state index contributed by atoms with van der Waals surface area (Å²) in [6.07, 6.45) is 4.35. The molecule has 1 aromatic carbocycles. The number of hydrogen-bond donors (Lipinski definition) is 2. The molecule has 0 atom stereocenters. The summed E-state index contributed by atoms with van der Waals surface area (Å²) in [6.45, 7) is 8.26. The highest BCUT2D eigenvalue weighted by molar-refractivity contribution is 7.19. The maximum atomic E-state index is 14.4. The van der Waals surface area contributed by atoms with Crippen LogP contribution in [0.25, 0.3) is 32.6 Å². The Morgan fingerprint density at radius 3 is 2.74 bits per heavy atom. The summed E-state index contributed by atoms with van der Waals surface area (Å²) in [5.41, 5.74) is 2.61. The van der Waals surface area contributed by atoms with E-state index in [2.05, 4.69) is 20.1 Å². The van der Waals surface area contributed by atoms with Crippen LogP contribution in [0, 0.1) is 11.2 Å². The zero-order chi connectivity index (χ0) is 23.4. The number of anilines is 1. The Hall–Kier alpha value is -2.66. The minimum Gasteiger partial charge on any atom is -0.378 e. The second kappa shape index (κ2) is 8.48. The topological polar surface area (TPSA) is 82.2 Å². The molecule has 3 aromatic heterocycles. The van der Waals surface area contributed by atoms with Gasteiger partial charge in [-0.25, -0.2) is 19.3 Å². The minimum atomic E-state index is -0.310. The number of fused-ring (bicyclic) bond motifs is 2. The third-order valence-corrected chi connectivity index (χ3v) is 8.63. The van der Waals surface area contributed by atoms with Gasteiger partial charge in [0.1, 0.15) is 15.5 Å². The smallest absolute Gasteiger partial charge is 0.176 e. The molecule has 0 unspecified atom stereocenters. The number of hydrogen-bond acceptors (Lipinski definition) is 8. The van der Waals surface area contributed by atoms with Gasteiger partial charge in [-0.3, -0.25) is 4.90 Å². The maximum absolute atomic E-state index is 14.4. The van der Waals surface area contributed by atoms with Crippen molar-refractivity contribution in [1.29, 1.82) is 0 Å². The van der Waals surface area contributed by atoms with Crippen molar-refractivity contribution < 1.29 is 9.13 Å². The lowest BCUT2D eigenvalue weighted by Crippen LogP contribution is -2.59. The van der Waals surface area contributed by atoms with Crippen molar-refractivity contribution in [3.63, 3.8) is 0 Å². The zero-order valence-electron chi connectivity index (χ0n) is 19.5. The lowest BCUT2D eigenvalue weighted by atomic mass is 9.72. The molecule has 0 saturated carbocycles. The van der Waals surface area contributed by atoms with Gasteiger partial charge < -0.3 is 19.9 Å². The summed E-state index contributed by atoms with van der Waals surface area (Å²) >= 11 is 1.69. The third-order valence-electron chi connectivity index (χ3n) is 7.61. The van der Waals surface area contributed by atoms with Crippen LogP contribution in [0.5, 0.6) is 0 Å². The number of H-pyrrole nitrogens is 1. The lowest BCUT2D eigenvalue weighted by molar-refractivity contribution is -0.0282. The van der Waals surface area contributed by atoms with Gasteiger partial charge in [-0.2, -0.15) is 0 Å². The van der Waals surface area contributed by atoms with E-state index in [9.17, 15) is 4.39 Å². The van der Waals surface area contributed by atoms with Crippen molar-refractivity contribution in [3.05, 3.63) is 35.2 Å². The monoisotopic (exact) mass is 493 g/mol. The van der Waals surface area contributed by atoms with Crippen LogP contribution in [0.2, 0.25) is 0 Å². The van der Waals surface area contributed by atoms with Crippen molar-refractivity contribution in [2.24, 2.45) is 5.41 Å². The van der Waals surface area contributed by atoms with E-state index in [0.717, 1.165) is 72.2 Å². The van der Waals surface area contributed by atoms with E-state index in [1.165, 1.54) is 25.0 Å². The van der Waals surface area contributed by atoms with E-state index in [0.29, 0.717) is 35.7 Å².